The SMILES string of the molecule is CCc1ccc(Br)c([N+](=O)[O-])n1. The number of hydrogen-bond donors (Lipinski definition) is 0. The van der Waals surface area contributed by atoms with Crippen LogP contribution in [-0.2, 0) is 6.42 Å². The van der Waals surface area contributed by atoms with Crippen LogP contribution in [0.5, 0.6) is 0 Å². The summed E-state index contributed by atoms with van der Waals surface area (Å²) in [5, 5.41) is 10.4. The molecule has 0 N–H and O–H groups in total. The Morgan fingerprint density at radius 3 is 2.83 bits per heavy atom. The lowest BCUT2D eigenvalue weighted by Crippen LogP contribution is -1.96. The van der Waals surface area contributed by atoms with Crippen LogP contribution in [0.2, 0.25) is 0 Å². The number of rotatable bonds is 2. The molecule has 0 radical (unpaired) electrons. The van der Waals surface area contributed by atoms with E-state index < -0.39 is 4.92 Å². The number of aryl methyl sites for hydroxylation is 1. The van der Waals surface area contributed by atoms with E-state index in [2.05, 4.69) is 20.9 Å². The summed E-state index contributed by atoms with van der Waals surface area (Å²) in [6.07, 6.45) is 0.702. The van der Waals surface area contributed by atoms with Gasteiger partial charge in [-0.3, -0.25) is 0 Å². The smallest absolute Gasteiger partial charge is 0.358 e. The Kier molecular flexibility index (Phi) is 2.75. The number of halogens is 1. The molecule has 0 fully saturated rings. The van der Waals surface area contributed by atoms with Crippen LogP contribution in [-0.4, -0.2) is 9.91 Å². The predicted octanol–water partition coefficient (Wildman–Crippen LogP) is 2.31. The maximum absolute atomic E-state index is 10.4. The molecule has 0 saturated carbocycles. The van der Waals surface area contributed by atoms with Gasteiger partial charge in [-0.15, -0.1) is 0 Å². The van der Waals surface area contributed by atoms with E-state index in [1.165, 1.54) is 0 Å². The highest BCUT2D eigenvalue weighted by Gasteiger charge is 2.13. The molecule has 1 aromatic rings. The lowest BCUT2D eigenvalue weighted by molar-refractivity contribution is -0.390. The minimum atomic E-state index is -0.497. The molecule has 0 aliphatic carbocycles. The third kappa shape index (κ3) is 1.79. The van der Waals surface area contributed by atoms with Gasteiger partial charge in [0, 0.05) is 6.42 Å². The van der Waals surface area contributed by atoms with Gasteiger partial charge in [-0.2, -0.15) is 0 Å². The zero-order valence-electron chi connectivity index (χ0n) is 6.45. The maximum Gasteiger partial charge on any atom is 0.378 e. The van der Waals surface area contributed by atoms with Gasteiger partial charge in [0.1, 0.15) is 4.47 Å². The van der Waals surface area contributed by atoms with Crippen molar-refractivity contribution in [2.24, 2.45) is 0 Å². The highest BCUT2D eigenvalue weighted by Crippen LogP contribution is 2.21. The van der Waals surface area contributed by atoms with Crippen molar-refractivity contribution in [3.63, 3.8) is 0 Å². The quantitative estimate of drug-likeness (QED) is 0.579. The van der Waals surface area contributed by atoms with Crippen molar-refractivity contribution in [3.8, 4) is 0 Å². The Morgan fingerprint density at radius 2 is 2.33 bits per heavy atom. The summed E-state index contributed by atoms with van der Waals surface area (Å²) in [6.45, 7) is 1.90. The van der Waals surface area contributed by atoms with E-state index in [4.69, 9.17) is 0 Å². The van der Waals surface area contributed by atoms with Gasteiger partial charge in [0.25, 0.3) is 0 Å². The highest BCUT2D eigenvalue weighted by atomic mass is 79.9. The molecular formula is C7H7BrN2O2. The zero-order chi connectivity index (χ0) is 9.14. The van der Waals surface area contributed by atoms with Crippen LogP contribution in [0.1, 0.15) is 12.6 Å². The molecule has 0 aliphatic rings. The van der Waals surface area contributed by atoms with Crippen LogP contribution < -0.4 is 0 Å². The highest BCUT2D eigenvalue weighted by molar-refractivity contribution is 9.10. The molecule has 0 saturated heterocycles. The van der Waals surface area contributed by atoms with Crippen molar-refractivity contribution in [3.05, 3.63) is 32.4 Å². The average molecular weight is 231 g/mol. The summed E-state index contributed by atoms with van der Waals surface area (Å²) in [5.41, 5.74) is 0.727. The van der Waals surface area contributed by atoms with Gasteiger partial charge < -0.3 is 10.1 Å². The summed E-state index contributed by atoms with van der Waals surface area (Å²) < 4.78 is 0.421. The molecule has 1 heterocycles. The van der Waals surface area contributed by atoms with Gasteiger partial charge in [-0.1, -0.05) is 6.92 Å². The minimum Gasteiger partial charge on any atom is -0.358 e. The molecule has 0 atom stereocenters. The van der Waals surface area contributed by atoms with Crippen molar-refractivity contribution < 1.29 is 4.92 Å². The van der Waals surface area contributed by atoms with E-state index in [0.717, 1.165) is 5.69 Å². The average Bonchev–Trinajstić information content (AvgIpc) is 2.05. The molecule has 5 heteroatoms. The molecule has 0 unspecified atom stereocenters. The first-order valence-corrected chi connectivity index (χ1v) is 4.24. The number of pyridine rings is 1. The lowest BCUT2D eigenvalue weighted by Gasteiger charge is -1.95. The molecule has 0 spiro atoms. The summed E-state index contributed by atoms with van der Waals surface area (Å²) in [6, 6.07) is 3.40. The molecule has 1 rings (SSSR count). The van der Waals surface area contributed by atoms with E-state index in [0.29, 0.717) is 10.9 Å². The molecule has 64 valence electrons. The first-order chi connectivity index (χ1) is 5.65. The first kappa shape index (κ1) is 9.12. The zero-order valence-corrected chi connectivity index (χ0v) is 8.04. The number of nitrogens with zero attached hydrogens (tertiary/aromatic N) is 2. The Labute approximate surface area is 77.9 Å². The standard InChI is InChI=1S/C7H7BrN2O2/c1-2-5-3-4-6(8)7(9-5)10(11)12/h3-4H,2H2,1H3. The van der Waals surface area contributed by atoms with E-state index in [9.17, 15) is 10.1 Å². The summed E-state index contributed by atoms with van der Waals surface area (Å²) in [5.74, 6) is -0.116. The van der Waals surface area contributed by atoms with Crippen molar-refractivity contribution in [2.75, 3.05) is 0 Å². The van der Waals surface area contributed by atoms with Crippen molar-refractivity contribution in [2.45, 2.75) is 13.3 Å². The van der Waals surface area contributed by atoms with Crippen molar-refractivity contribution in [1.82, 2.24) is 4.98 Å². The lowest BCUT2D eigenvalue weighted by atomic mass is 10.3. The Morgan fingerprint density at radius 1 is 1.67 bits per heavy atom. The second-order valence-corrected chi connectivity index (χ2v) is 3.07. The largest absolute Gasteiger partial charge is 0.378 e. The first-order valence-electron chi connectivity index (χ1n) is 3.45. The van der Waals surface area contributed by atoms with E-state index in [-0.39, 0.29) is 5.82 Å². The second-order valence-electron chi connectivity index (χ2n) is 2.22. The van der Waals surface area contributed by atoms with Gasteiger partial charge >= 0.3 is 5.82 Å². The second kappa shape index (κ2) is 3.62. The van der Waals surface area contributed by atoms with Gasteiger partial charge in [0.05, 0.1) is 0 Å². The van der Waals surface area contributed by atoms with Crippen molar-refractivity contribution >= 4 is 21.7 Å². The Hall–Kier alpha value is -0.970. The van der Waals surface area contributed by atoms with Crippen LogP contribution in [0, 0.1) is 10.1 Å². The third-order valence-corrected chi connectivity index (χ3v) is 2.04. The van der Waals surface area contributed by atoms with Crippen molar-refractivity contribution in [1.29, 1.82) is 0 Å². The third-order valence-electron chi connectivity index (χ3n) is 1.42. The minimum absolute atomic E-state index is 0.116. The summed E-state index contributed by atoms with van der Waals surface area (Å²) in [7, 11) is 0. The van der Waals surface area contributed by atoms with Crippen LogP contribution in [0.3, 0.4) is 0 Å². The van der Waals surface area contributed by atoms with Crippen LogP contribution in [0.25, 0.3) is 0 Å². The Balaban J connectivity index is 3.17. The maximum atomic E-state index is 10.4. The molecule has 4 nitrogen and oxygen atoms in total. The molecule has 1 aromatic heterocycles. The molecule has 12 heavy (non-hydrogen) atoms. The normalized spacial score (nSPS) is 9.83. The van der Waals surface area contributed by atoms with Crippen LogP contribution in [0.15, 0.2) is 16.6 Å². The monoisotopic (exact) mass is 230 g/mol. The molecular weight excluding hydrogens is 224 g/mol. The topological polar surface area (TPSA) is 56.0 Å². The van der Waals surface area contributed by atoms with Crippen LogP contribution in [0.4, 0.5) is 5.82 Å². The Bertz CT molecular complexity index is 314. The van der Waals surface area contributed by atoms with Gasteiger partial charge in [-0.05, 0) is 38.0 Å². The fourth-order valence-electron chi connectivity index (χ4n) is 0.796. The van der Waals surface area contributed by atoms with Gasteiger partial charge in [0.15, 0.2) is 5.69 Å². The van der Waals surface area contributed by atoms with Crippen LogP contribution >= 0.6 is 15.9 Å². The fourth-order valence-corrected chi connectivity index (χ4v) is 1.16. The molecule has 0 amide bonds. The van der Waals surface area contributed by atoms with E-state index >= 15 is 0 Å². The number of hydrogen-bond acceptors (Lipinski definition) is 3. The predicted molar refractivity (Wildman–Crippen MR) is 48.0 cm³/mol. The summed E-state index contributed by atoms with van der Waals surface area (Å²) >= 11 is 3.06. The molecule has 0 aromatic carbocycles. The van der Waals surface area contributed by atoms with E-state index in [1.807, 2.05) is 6.92 Å². The van der Waals surface area contributed by atoms with Gasteiger partial charge in [-0.25, -0.2) is 0 Å². The van der Waals surface area contributed by atoms with E-state index in [1.54, 1.807) is 12.1 Å². The fraction of sp³-hybridized carbons (Fsp3) is 0.286. The van der Waals surface area contributed by atoms with Gasteiger partial charge in [0.2, 0.25) is 0 Å². The molecule has 0 bridgehead atoms. The number of nitro groups is 1. The summed E-state index contributed by atoms with van der Waals surface area (Å²) in [4.78, 5) is 13.8. The molecule has 0 aliphatic heterocycles. The number of aromatic nitrogens is 1.